The van der Waals surface area contributed by atoms with Crippen LogP contribution in [0.3, 0.4) is 0 Å². The van der Waals surface area contributed by atoms with Gasteiger partial charge in [0.15, 0.2) is 0 Å². The van der Waals surface area contributed by atoms with Crippen molar-refractivity contribution >= 4 is 49.6 Å². The smallest absolute Gasteiger partial charge is 0.0780 e. The number of pyridine rings is 1. The van der Waals surface area contributed by atoms with Crippen LogP contribution in [0, 0.1) is 0 Å². The fraction of sp³-hybridized carbons (Fsp3) is 0. The summed E-state index contributed by atoms with van der Waals surface area (Å²) in [5.74, 6) is 0. The first-order chi connectivity index (χ1) is 23.8. The van der Waals surface area contributed by atoms with Crippen LogP contribution in [-0.2, 0) is 0 Å². The van der Waals surface area contributed by atoms with E-state index in [-0.39, 0.29) is 0 Å². The van der Waals surface area contributed by atoms with Gasteiger partial charge in [-0.1, -0.05) is 115 Å². The third-order valence-corrected chi connectivity index (χ3v) is 9.22. The van der Waals surface area contributed by atoms with Crippen LogP contribution >= 0.6 is 0 Å². The molecule has 0 atom stereocenters. The van der Waals surface area contributed by atoms with Crippen LogP contribution in [0.1, 0.15) is 0 Å². The van der Waals surface area contributed by atoms with Crippen molar-refractivity contribution in [2.24, 2.45) is 0 Å². The third kappa shape index (κ3) is 4.72. The molecule has 0 spiro atoms. The summed E-state index contributed by atoms with van der Waals surface area (Å²) < 4.78 is 2.36. The predicted molar refractivity (Wildman–Crippen MR) is 202 cm³/mol. The molecule has 0 unspecified atom stereocenters. The van der Waals surface area contributed by atoms with E-state index in [1.54, 1.807) is 0 Å². The first kappa shape index (κ1) is 27.8. The highest BCUT2D eigenvalue weighted by Crippen LogP contribution is 2.40. The van der Waals surface area contributed by atoms with Crippen molar-refractivity contribution in [3.05, 3.63) is 188 Å². The summed E-state index contributed by atoms with van der Waals surface area (Å²) in [4.78, 5) is 7.40. The molecule has 2 aromatic heterocycles. The quantitative estimate of drug-likeness (QED) is 0.186. The Balaban J connectivity index is 1.14. The summed E-state index contributed by atoms with van der Waals surface area (Å²) in [5, 5.41) is 4.80. The van der Waals surface area contributed by atoms with Gasteiger partial charge in [0.2, 0.25) is 0 Å². The SMILES string of the molecule is c1ccc(N(c2ccccc2)c2ccc(-c3ncc(-c4ccc5c(c4)c4ccccc4n5-c4ccccc4)c4ccccc34)cc2)cc1. The lowest BCUT2D eigenvalue weighted by molar-refractivity contribution is 1.18. The lowest BCUT2D eigenvalue weighted by Crippen LogP contribution is -2.09. The summed E-state index contributed by atoms with van der Waals surface area (Å²) >= 11 is 0. The molecule has 0 aliphatic carbocycles. The number of aromatic nitrogens is 2. The van der Waals surface area contributed by atoms with Crippen LogP contribution in [0.15, 0.2) is 188 Å². The number of hydrogen-bond acceptors (Lipinski definition) is 2. The molecule has 2 heterocycles. The average Bonchev–Trinajstić information content (AvgIpc) is 3.50. The molecular weight excluding hydrogens is 583 g/mol. The van der Waals surface area contributed by atoms with Gasteiger partial charge in [-0.15, -0.1) is 0 Å². The van der Waals surface area contributed by atoms with Crippen LogP contribution in [0.2, 0.25) is 0 Å². The number of nitrogens with zero attached hydrogens (tertiary/aromatic N) is 3. The van der Waals surface area contributed by atoms with Crippen LogP contribution in [0.4, 0.5) is 17.1 Å². The van der Waals surface area contributed by atoms with E-state index in [1.807, 2.05) is 6.20 Å². The number of benzene rings is 7. The minimum absolute atomic E-state index is 0.980. The molecule has 9 aromatic rings. The Kier molecular flexibility index (Phi) is 6.80. The Morgan fingerprint density at radius 1 is 0.396 bits per heavy atom. The van der Waals surface area contributed by atoms with E-state index < -0.39 is 0 Å². The number of rotatable bonds is 6. The van der Waals surface area contributed by atoms with Crippen molar-refractivity contribution in [3.8, 4) is 28.1 Å². The Labute approximate surface area is 279 Å². The van der Waals surface area contributed by atoms with E-state index in [9.17, 15) is 0 Å². The molecule has 0 amide bonds. The predicted octanol–water partition coefficient (Wildman–Crippen LogP) is 12.1. The van der Waals surface area contributed by atoms with Crippen molar-refractivity contribution in [1.29, 1.82) is 0 Å². The molecule has 7 aromatic carbocycles. The van der Waals surface area contributed by atoms with Gasteiger partial charge in [0.05, 0.1) is 16.7 Å². The van der Waals surface area contributed by atoms with Crippen LogP contribution < -0.4 is 4.90 Å². The summed E-state index contributed by atoms with van der Waals surface area (Å²) in [6, 6.07) is 64.5. The molecule has 0 bridgehead atoms. The Hall–Kier alpha value is -6.45. The van der Waals surface area contributed by atoms with Gasteiger partial charge in [0, 0.05) is 56.2 Å². The summed E-state index contributed by atoms with van der Waals surface area (Å²) in [5.41, 5.74) is 11.2. The summed E-state index contributed by atoms with van der Waals surface area (Å²) in [6.07, 6.45) is 2.05. The molecule has 0 radical (unpaired) electrons. The number of fused-ring (bicyclic) bond motifs is 4. The molecule has 0 N–H and O–H groups in total. The minimum atomic E-state index is 0.980. The molecule has 3 nitrogen and oxygen atoms in total. The molecule has 0 fully saturated rings. The first-order valence-electron chi connectivity index (χ1n) is 16.3. The lowest BCUT2D eigenvalue weighted by Gasteiger charge is -2.25. The Bertz CT molecular complexity index is 2500. The summed E-state index contributed by atoms with van der Waals surface area (Å²) in [6.45, 7) is 0. The standard InChI is InChI=1S/C45H31N3/c1-4-14-34(15-5-1)47(35-16-6-2-7-17-35)37-27-24-32(25-28-37)45-40-22-11-10-20-38(40)42(31-46-45)33-26-29-44-41(30-33)39-21-12-13-23-43(39)48(44)36-18-8-3-9-19-36/h1-31H. The van der Waals surface area contributed by atoms with Crippen molar-refractivity contribution in [2.45, 2.75) is 0 Å². The molecule has 0 aliphatic heterocycles. The molecule has 3 heteroatoms. The lowest BCUT2D eigenvalue weighted by atomic mass is 9.96. The van der Waals surface area contributed by atoms with E-state index in [4.69, 9.17) is 4.98 Å². The normalized spacial score (nSPS) is 11.3. The largest absolute Gasteiger partial charge is 0.311 e. The zero-order valence-electron chi connectivity index (χ0n) is 26.2. The summed E-state index contributed by atoms with van der Waals surface area (Å²) in [7, 11) is 0. The van der Waals surface area contributed by atoms with Gasteiger partial charge in [-0.25, -0.2) is 0 Å². The number of anilines is 3. The van der Waals surface area contributed by atoms with Crippen molar-refractivity contribution < 1.29 is 0 Å². The van der Waals surface area contributed by atoms with E-state index in [0.29, 0.717) is 0 Å². The molecule has 48 heavy (non-hydrogen) atoms. The monoisotopic (exact) mass is 613 g/mol. The molecule has 0 aliphatic rings. The number of para-hydroxylation sites is 4. The maximum absolute atomic E-state index is 5.12. The van der Waals surface area contributed by atoms with Gasteiger partial charge in [0.1, 0.15) is 0 Å². The van der Waals surface area contributed by atoms with Crippen molar-refractivity contribution in [1.82, 2.24) is 9.55 Å². The van der Waals surface area contributed by atoms with Gasteiger partial charge in [0.25, 0.3) is 0 Å². The molecule has 0 saturated carbocycles. The van der Waals surface area contributed by atoms with Gasteiger partial charge < -0.3 is 9.47 Å². The van der Waals surface area contributed by atoms with E-state index in [2.05, 4.69) is 191 Å². The zero-order chi connectivity index (χ0) is 31.9. The highest BCUT2D eigenvalue weighted by Gasteiger charge is 2.17. The van der Waals surface area contributed by atoms with Gasteiger partial charge in [-0.3, -0.25) is 4.98 Å². The third-order valence-electron chi connectivity index (χ3n) is 9.22. The average molecular weight is 614 g/mol. The van der Waals surface area contributed by atoms with Crippen molar-refractivity contribution in [3.63, 3.8) is 0 Å². The van der Waals surface area contributed by atoms with Gasteiger partial charge >= 0.3 is 0 Å². The van der Waals surface area contributed by atoms with E-state index in [1.165, 1.54) is 27.2 Å². The fourth-order valence-electron chi connectivity index (χ4n) is 7.02. The van der Waals surface area contributed by atoms with Crippen LogP contribution in [0.5, 0.6) is 0 Å². The topological polar surface area (TPSA) is 21.1 Å². The molecule has 226 valence electrons. The molecule has 9 rings (SSSR count). The van der Waals surface area contributed by atoms with E-state index in [0.717, 1.165) is 50.5 Å². The fourth-order valence-corrected chi connectivity index (χ4v) is 7.02. The highest BCUT2D eigenvalue weighted by atomic mass is 15.1. The second-order valence-electron chi connectivity index (χ2n) is 12.0. The van der Waals surface area contributed by atoms with Crippen molar-refractivity contribution in [2.75, 3.05) is 4.90 Å². The Morgan fingerprint density at radius 3 is 1.60 bits per heavy atom. The minimum Gasteiger partial charge on any atom is -0.311 e. The van der Waals surface area contributed by atoms with E-state index >= 15 is 0 Å². The van der Waals surface area contributed by atoms with Crippen LogP contribution in [-0.4, -0.2) is 9.55 Å². The number of hydrogen-bond donors (Lipinski definition) is 0. The maximum atomic E-state index is 5.12. The maximum Gasteiger partial charge on any atom is 0.0780 e. The molecule has 0 saturated heterocycles. The second-order valence-corrected chi connectivity index (χ2v) is 12.0. The highest BCUT2D eigenvalue weighted by molar-refractivity contribution is 6.12. The van der Waals surface area contributed by atoms with Gasteiger partial charge in [-0.2, -0.15) is 0 Å². The van der Waals surface area contributed by atoms with Crippen LogP contribution in [0.25, 0.3) is 60.6 Å². The molecular formula is C45H31N3. The van der Waals surface area contributed by atoms with Gasteiger partial charge in [-0.05, 0) is 77.7 Å². The Morgan fingerprint density at radius 2 is 0.917 bits per heavy atom. The zero-order valence-corrected chi connectivity index (χ0v) is 26.2. The first-order valence-corrected chi connectivity index (χ1v) is 16.3. The second kappa shape index (κ2) is 11.7.